The summed E-state index contributed by atoms with van der Waals surface area (Å²) in [6, 6.07) is 7.39. The van der Waals surface area contributed by atoms with Crippen molar-refractivity contribution in [3.63, 3.8) is 0 Å². The van der Waals surface area contributed by atoms with Gasteiger partial charge in [-0.2, -0.15) is 13.2 Å². The van der Waals surface area contributed by atoms with Crippen molar-refractivity contribution in [2.75, 3.05) is 11.1 Å². The summed E-state index contributed by atoms with van der Waals surface area (Å²) in [7, 11) is 0. The normalized spacial score (nSPS) is 11.4. The summed E-state index contributed by atoms with van der Waals surface area (Å²) < 4.78 is 37.7. The van der Waals surface area contributed by atoms with E-state index >= 15 is 0 Å². The molecule has 0 aliphatic carbocycles. The zero-order valence-corrected chi connectivity index (χ0v) is 10.3. The Bertz CT molecular complexity index is 582. The molecule has 0 unspecified atom stereocenters. The summed E-state index contributed by atoms with van der Waals surface area (Å²) in [5, 5.41) is 3.29. The minimum Gasteiger partial charge on any atom is -0.382 e. The Morgan fingerprint density at radius 2 is 1.79 bits per heavy atom. The van der Waals surface area contributed by atoms with Crippen LogP contribution >= 0.6 is 11.6 Å². The number of benzene rings is 1. The summed E-state index contributed by atoms with van der Waals surface area (Å²) >= 11 is 5.72. The Morgan fingerprint density at radius 3 is 2.37 bits per heavy atom. The number of pyridine rings is 1. The third kappa shape index (κ3) is 3.29. The van der Waals surface area contributed by atoms with Crippen LogP contribution in [-0.2, 0) is 6.18 Å². The standard InChI is InChI=1S/C12H9ClF3N3/c13-8-1-3-9(4-2-8)19-10-5-7(12(14,15)16)6-18-11(10)17/h1-6,19H,(H2,17,18). The summed E-state index contributed by atoms with van der Waals surface area (Å²) in [5.41, 5.74) is 5.34. The number of aromatic nitrogens is 1. The van der Waals surface area contributed by atoms with Crippen LogP contribution in [0.1, 0.15) is 5.56 Å². The Balaban J connectivity index is 2.31. The molecule has 19 heavy (non-hydrogen) atoms. The van der Waals surface area contributed by atoms with Gasteiger partial charge in [0.25, 0.3) is 0 Å². The molecule has 1 aromatic carbocycles. The predicted molar refractivity (Wildman–Crippen MR) is 68.4 cm³/mol. The van der Waals surface area contributed by atoms with E-state index in [1.54, 1.807) is 24.3 Å². The highest BCUT2D eigenvalue weighted by molar-refractivity contribution is 6.30. The lowest BCUT2D eigenvalue weighted by atomic mass is 10.2. The fraction of sp³-hybridized carbons (Fsp3) is 0.0833. The van der Waals surface area contributed by atoms with Crippen molar-refractivity contribution < 1.29 is 13.2 Å². The highest BCUT2D eigenvalue weighted by Crippen LogP contribution is 2.32. The number of hydrogen-bond donors (Lipinski definition) is 2. The minimum absolute atomic E-state index is 0.0112. The number of hydrogen-bond acceptors (Lipinski definition) is 3. The van der Waals surface area contributed by atoms with E-state index in [0.29, 0.717) is 16.9 Å². The van der Waals surface area contributed by atoms with Crippen molar-refractivity contribution in [1.29, 1.82) is 0 Å². The summed E-state index contributed by atoms with van der Waals surface area (Å²) in [5.74, 6) is -0.0112. The molecule has 3 nitrogen and oxygen atoms in total. The molecular formula is C12H9ClF3N3. The maximum atomic E-state index is 12.6. The number of anilines is 3. The van der Waals surface area contributed by atoms with Gasteiger partial charge in [0.1, 0.15) is 5.82 Å². The second kappa shape index (κ2) is 4.97. The minimum atomic E-state index is -4.46. The largest absolute Gasteiger partial charge is 0.417 e. The summed E-state index contributed by atoms with van der Waals surface area (Å²) in [6.07, 6.45) is -3.76. The number of nitrogens with one attached hydrogen (secondary N) is 1. The molecule has 0 amide bonds. The third-order valence-electron chi connectivity index (χ3n) is 2.37. The van der Waals surface area contributed by atoms with Crippen molar-refractivity contribution in [2.24, 2.45) is 0 Å². The van der Waals surface area contributed by atoms with Crippen molar-refractivity contribution in [3.8, 4) is 0 Å². The zero-order valence-electron chi connectivity index (χ0n) is 9.50. The monoisotopic (exact) mass is 287 g/mol. The Hall–Kier alpha value is -1.95. The smallest absolute Gasteiger partial charge is 0.382 e. The van der Waals surface area contributed by atoms with Gasteiger partial charge >= 0.3 is 6.18 Å². The molecule has 7 heteroatoms. The first-order chi connectivity index (χ1) is 8.86. The number of rotatable bonds is 2. The van der Waals surface area contributed by atoms with Crippen LogP contribution in [0.5, 0.6) is 0 Å². The molecule has 1 aromatic heterocycles. The van der Waals surface area contributed by atoms with E-state index < -0.39 is 11.7 Å². The molecule has 0 aliphatic heterocycles. The number of halogens is 4. The molecule has 0 spiro atoms. The fourth-order valence-electron chi connectivity index (χ4n) is 1.42. The number of nitrogens with zero attached hydrogens (tertiary/aromatic N) is 1. The highest BCUT2D eigenvalue weighted by Gasteiger charge is 2.31. The van der Waals surface area contributed by atoms with Crippen molar-refractivity contribution >= 4 is 28.8 Å². The van der Waals surface area contributed by atoms with Crippen LogP contribution in [0.3, 0.4) is 0 Å². The molecule has 0 bridgehead atoms. The third-order valence-corrected chi connectivity index (χ3v) is 2.62. The first-order valence-electron chi connectivity index (χ1n) is 5.21. The van der Waals surface area contributed by atoms with Gasteiger partial charge in [0.15, 0.2) is 0 Å². The molecule has 0 radical (unpaired) electrons. The van der Waals surface area contributed by atoms with Gasteiger partial charge in [0, 0.05) is 16.9 Å². The van der Waals surface area contributed by atoms with Gasteiger partial charge in [-0.25, -0.2) is 4.98 Å². The molecule has 0 fully saturated rings. The lowest BCUT2D eigenvalue weighted by molar-refractivity contribution is -0.137. The lowest BCUT2D eigenvalue weighted by Crippen LogP contribution is -2.08. The number of alkyl halides is 3. The topological polar surface area (TPSA) is 50.9 Å². The first-order valence-corrected chi connectivity index (χ1v) is 5.59. The average Bonchev–Trinajstić information content (AvgIpc) is 2.33. The van der Waals surface area contributed by atoms with Gasteiger partial charge in [-0.3, -0.25) is 0 Å². The SMILES string of the molecule is Nc1ncc(C(F)(F)F)cc1Nc1ccc(Cl)cc1. The van der Waals surface area contributed by atoms with Crippen LogP contribution < -0.4 is 11.1 Å². The predicted octanol–water partition coefficient (Wildman–Crippen LogP) is 4.08. The van der Waals surface area contributed by atoms with E-state index in [2.05, 4.69) is 10.3 Å². The van der Waals surface area contributed by atoms with E-state index in [0.717, 1.165) is 6.07 Å². The van der Waals surface area contributed by atoms with Gasteiger partial charge in [0.05, 0.1) is 11.3 Å². The maximum Gasteiger partial charge on any atom is 0.417 e. The van der Waals surface area contributed by atoms with Gasteiger partial charge in [-0.15, -0.1) is 0 Å². The second-order valence-electron chi connectivity index (χ2n) is 3.79. The number of nitrogens with two attached hydrogens (primary N) is 1. The number of nitrogen functional groups attached to an aromatic ring is 1. The highest BCUT2D eigenvalue weighted by atomic mass is 35.5. The van der Waals surface area contributed by atoms with E-state index in [4.69, 9.17) is 17.3 Å². The Kier molecular flexibility index (Phi) is 3.53. The molecule has 100 valence electrons. The molecule has 0 atom stereocenters. The van der Waals surface area contributed by atoms with Gasteiger partial charge in [-0.05, 0) is 30.3 Å². The van der Waals surface area contributed by atoms with E-state index in [9.17, 15) is 13.2 Å². The van der Waals surface area contributed by atoms with Crippen LogP contribution in [0, 0.1) is 0 Å². The lowest BCUT2D eigenvalue weighted by Gasteiger charge is -2.12. The van der Waals surface area contributed by atoms with Crippen LogP contribution in [0.2, 0.25) is 5.02 Å². The zero-order chi connectivity index (χ0) is 14.0. The molecule has 0 saturated carbocycles. The average molecular weight is 288 g/mol. The maximum absolute atomic E-state index is 12.6. The fourth-order valence-corrected chi connectivity index (χ4v) is 1.55. The van der Waals surface area contributed by atoms with Gasteiger partial charge < -0.3 is 11.1 Å². The molecule has 3 N–H and O–H groups in total. The van der Waals surface area contributed by atoms with Gasteiger partial charge in [0.2, 0.25) is 0 Å². The molecular weight excluding hydrogens is 279 g/mol. The second-order valence-corrected chi connectivity index (χ2v) is 4.22. The van der Waals surface area contributed by atoms with Crippen molar-refractivity contribution in [1.82, 2.24) is 4.98 Å². The quantitative estimate of drug-likeness (QED) is 0.875. The van der Waals surface area contributed by atoms with E-state index in [1.807, 2.05) is 0 Å². The van der Waals surface area contributed by atoms with E-state index in [-0.39, 0.29) is 11.5 Å². The van der Waals surface area contributed by atoms with Gasteiger partial charge in [-0.1, -0.05) is 11.6 Å². The first kappa shape index (κ1) is 13.5. The Labute approximate surface area is 112 Å². The molecule has 0 saturated heterocycles. The van der Waals surface area contributed by atoms with Crippen molar-refractivity contribution in [3.05, 3.63) is 47.1 Å². The van der Waals surface area contributed by atoms with Crippen molar-refractivity contribution in [2.45, 2.75) is 6.18 Å². The summed E-state index contributed by atoms with van der Waals surface area (Å²) in [4.78, 5) is 3.53. The van der Waals surface area contributed by atoms with Crippen LogP contribution in [-0.4, -0.2) is 4.98 Å². The molecule has 1 heterocycles. The van der Waals surface area contributed by atoms with Crippen LogP contribution in [0.15, 0.2) is 36.5 Å². The van der Waals surface area contributed by atoms with Crippen LogP contribution in [0.25, 0.3) is 0 Å². The molecule has 2 aromatic rings. The van der Waals surface area contributed by atoms with Crippen LogP contribution in [0.4, 0.5) is 30.4 Å². The summed E-state index contributed by atoms with van der Waals surface area (Å²) in [6.45, 7) is 0. The van der Waals surface area contributed by atoms with E-state index in [1.165, 1.54) is 0 Å². The molecule has 0 aliphatic rings. The Morgan fingerprint density at radius 1 is 1.16 bits per heavy atom. The molecule has 2 rings (SSSR count).